The smallest absolute Gasteiger partial charge is 0.329 e. The molecule has 2 aromatic rings. The van der Waals surface area contributed by atoms with Gasteiger partial charge < -0.3 is 10.4 Å². The quantitative estimate of drug-likeness (QED) is 0.764. The molecule has 3 N–H and O–H groups in total. The fourth-order valence-electron chi connectivity index (χ4n) is 3.43. The number of carbonyl (C=O) groups is 2. The Morgan fingerprint density at radius 1 is 1.44 bits per heavy atom. The molecule has 1 aliphatic carbocycles. The van der Waals surface area contributed by atoms with Crippen molar-refractivity contribution in [2.45, 2.75) is 51.5 Å². The van der Waals surface area contributed by atoms with Crippen LogP contribution in [0.1, 0.15) is 43.9 Å². The van der Waals surface area contributed by atoms with Crippen LogP contribution in [-0.4, -0.2) is 37.1 Å². The molecule has 2 aromatic heterocycles. The van der Waals surface area contributed by atoms with E-state index in [0.717, 1.165) is 12.8 Å². The van der Waals surface area contributed by atoms with Gasteiger partial charge >= 0.3 is 5.97 Å². The Morgan fingerprint density at radius 2 is 2.12 bits per heavy atom. The Hall–Kier alpha value is -2.64. The minimum atomic E-state index is -1.24. The Bertz CT molecular complexity index is 874. The normalized spacial score (nSPS) is 23.5. The molecule has 1 saturated carbocycles. The van der Waals surface area contributed by atoms with Gasteiger partial charge in [0.25, 0.3) is 5.56 Å². The molecule has 3 rings (SSSR count). The van der Waals surface area contributed by atoms with Gasteiger partial charge in [0.05, 0.1) is 6.42 Å². The Balaban J connectivity index is 1.82. The van der Waals surface area contributed by atoms with Crippen LogP contribution >= 0.6 is 0 Å². The number of carbonyl (C=O) groups excluding carboxylic acids is 1. The number of hydrogen-bond donors (Lipinski definition) is 3. The number of aliphatic carboxylic acids is 1. The highest BCUT2D eigenvalue weighted by Gasteiger charge is 2.42. The lowest BCUT2D eigenvalue weighted by Crippen LogP contribution is -2.56. The number of nitrogens with one attached hydrogen (secondary N) is 2. The van der Waals surface area contributed by atoms with E-state index in [1.165, 1.54) is 4.52 Å². The highest BCUT2D eigenvalue weighted by Crippen LogP contribution is 2.32. The SMILES string of the molecule is Cc1nc2cc[nH]n2c(=O)c1CC(=O)NC1(C(=O)O)CCC(C)CC1. The first-order valence-electron chi connectivity index (χ1n) is 8.42. The van der Waals surface area contributed by atoms with Gasteiger partial charge in [-0.25, -0.2) is 14.3 Å². The second-order valence-corrected chi connectivity index (χ2v) is 6.93. The second kappa shape index (κ2) is 6.34. The van der Waals surface area contributed by atoms with Crippen LogP contribution in [0.2, 0.25) is 0 Å². The van der Waals surface area contributed by atoms with Crippen molar-refractivity contribution in [3.8, 4) is 0 Å². The van der Waals surface area contributed by atoms with Crippen molar-refractivity contribution in [2.75, 3.05) is 0 Å². The highest BCUT2D eigenvalue weighted by atomic mass is 16.4. The number of aryl methyl sites for hydroxylation is 1. The van der Waals surface area contributed by atoms with E-state index in [4.69, 9.17) is 0 Å². The van der Waals surface area contributed by atoms with E-state index in [0.29, 0.717) is 30.1 Å². The number of H-pyrrole nitrogens is 1. The van der Waals surface area contributed by atoms with Gasteiger partial charge in [0.2, 0.25) is 5.91 Å². The Morgan fingerprint density at radius 3 is 2.76 bits per heavy atom. The predicted octanol–water partition coefficient (Wildman–Crippen LogP) is 1.02. The third-order valence-electron chi connectivity index (χ3n) is 5.10. The maximum absolute atomic E-state index is 12.5. The maximum atomic E-state index is 12.5. The van der Waals surface area contributed by atoms with Gasteiger partial charge in [-0.05, 0) is 38.5 Å². The summed E-state index contributed by atoms with van der Waals surface area (Å²) in [5, 5.41) is 15.0. The number of amides is 1. The zero-order valence-electron chi connectivity index (χ0n) is 14.3. The molecular weight excluding hydrogens is 324 g/mol. The van der Waals surface area contributed by atoms with Gasteiger partial charge in [0.1, 0.15) is 5.54 Å². The van der Waals surface area contributed by atoms with Gasteiger partial charge in [-0.15, -0.1) is 0 Å². The fraction of sp³-hybridized carbons (Fsp3) is 0.529. The lowest BCUT2D eigenvalue weighted by molar-refractivity contribution is -0.149. The highest BCUT2D eigenvalue weighted by molar-refractivity contribution is 5.88. The number of nitrogens with zero attached hydrogens (tertiary/aromatic N) is 2. The van der Waals surface area contributed by atoms with Crippen molar-refractivity contribution in [2.24, 2.45) is 5.92 Å². The van der Waals surface area contributed by atoms with Gasteiger partial charge in [-0.3, -0.25) is 14.7 Å². The van der Waals surface area contributed by atoms with Gasteiger partial charge in [0.15, 0.2) is 5.65 Å². The summed E-state index contributed by atoms with van der Waals surface area (Å²) in [6.07, 6.45) is 3.72. The average Bonchev–Trinajstić information content (AvgIpc) is 3.02. The molecule has 0 radical (unpaired) electrons. The first-order chi connectivity index (χ1) is 11.8. The molecular formula is C17H22N4O4. The molecule has 0 aromatic carbocycles. The van der Waals surface area contributed by atoms with E-state index in [1.54, 1.807) is 19.2 Å². The van der Waals surface area contributed by atoms with E-state index >= 15 is 0 Å². The van der Waals surface area contributed by atoms with Crippen LogP contribution < -0.4 is 10.9 Å². The van der Waals surface area contributed by atoms with Crippen molar-refractivity contribution in [3.05, 3.63) is 33.9 Å². The summed E-state index contributed by atoms with van der Waals surface area (Å²) >= 11 is 0. The van der Waals surface area contributed by atoms with Crippen LogP contribution in [0, 0.1) is 12.8 Å². The minimum Gasteiger partial charge on any atom is -0.480 e. The number of fused-ring (bicyclic) bond motifs is 1. The van der Waals surface area contributed by atoms with Crippen molar-refractivity contribution >= 4 is 17.5 Å². The molecule has 0 aliphatic heterocycles. The molecule has 1 aliphatic rings. The molecule has 25 heavy (non-hydrogen) atoms. The van der Waals surface area contributed by atoms with Crippen LogP contribution in [0.3, 0.4) is 0 Å². The number of aromatic amines is 1. The van der Waals surface area contributed by atoms with Crippen LogP contribution in [-0.2, 0) is 16.0 Å². The Labute approximate surface area is 144 Å². The molecule has 134 valence electrons. The van der Waals surface area contributed by atoms with Crippen LogP contribution in [0.25, 0.3) is 5.65 Å². The first-order valence-corrected chi connectivity index (χ1v) is 8.42. The molecule has 8 nitrogen and oxygen atoms in total. The zero-order chi connectivity index (χ0) is 18.2. The molecule has 0 saturated heterocycles. The molecule has 8 heteroatoms. The lowest BCUT2D eigenvalue weighted by atomic mass is 9.77. The molecule has 0 spiro atoms. The second-order valence-electron chi connectivity index (χ2n) is 6.93. The van der Waals surface area contributed by atoms with E-state index < -0.39 is 17.4 Å². The minimum absolute atomic E-state index is 0.190. The molecule has 0 unspecified atom stereocenters. The topological polar surface area (TPSA) is 117 Å². The standard InChI is InChI=1S/C17H22N4O4/c1-10-3-6-17(7-4-10,16(24)25)20-14(22)9-12-11(2)19-13-5-8-18-21(13)15(12)23/h5,8,10,18H,3-4,6-7,9H2,1-2H3,(H,20,22)(H,24,25). The molecule has 1 amide bonds. The summed E-state index contributed by atoms with van der Waals surface area (Å²) in [7, 11) is 0. The molecule has 0 atom stereocenters. The summed E-state index contributed by atoms with van der Waals surface area (Å²) in [6, 6.07) is 1.67. The lowest BCUT2D eigenvalue weighted by Gasteiger charge is -2.36. The molecule has 1 fully saturated rings. The van der Waals surface area contributed by atoms with Crippen molar-refractivity contribution < 1.29 is 14.7 Å². The zero-order valence-corrected chi connectivity index (χ0v) is 14.3. The number of aromatic nitrogens is 3. The number of rotatable bonds is 4. The van der Waals surface area contributed by atoms with E-state index in [9.17, 15) is 19.5 Å². The van der Waals surface area contributed by atoms with Crippen LogP contribution in [0.5, 0.6) is 0 Å². The van der Waals surface area contributed by atoms with Crippen LogP contribution in [0.15, 0.2) is 17.1 Å². The van der Waals surface area contributed by atoms with Gasteiger partial charge in [0, 0.05) is 23.5 Å². The molecule has 0 bridgehead atoms. The summed E-state index contributed by atoms with van der Waals surface area (Å²) < 4.78 is 1.27. The van der Waals surface area contributed by atoms with E-state index in [2.05, 4.69) is 22.3 Å². The average molecular weight is 346 g/mol. The van der Waals surface area contributed by atoms with Crippen molar-refractivity contribution in [1.82, 2.24) is 19.9 Å². The third kappa shape index (κ3) is 3.16. The van der Waals surface area contributed by atoms with Crippen molar-refractivity contribution in [3.63, 3.8) is 0 Å². The fourth-order valence-corrected chi connectivity index (χ4v) is 3.43. The maximum Gasteiger partial charge on any atom is 0.329 e. The molecule has 2 heterocycles. The third-order valence-corrected chi connectivity index (χ3v) is 5.10. The van der Waals surface area contributed by atoms with E-state index in [-0.39, 0.29) is 17.5 Å². The van der Waals surface area contributed by atoms with Gasteiger partial charge in [-0.1, -0.05) is 6.92 Å². The number of carboxylic acid groups (broad SMARTS) is 1. The van der Waals surface area contributed by atoms with Crippen LogP contribution in [0.4, 0.5) is 0 Å². The Kier molecular flexibility index (Phi) is 4.36. The van der Waals surface area contributed by atoms with Gasteiger partial charge in [-0.2, -0.15) is 0 Å². The number of hydrogen-bond acceptors (Lipinski definition) is 4. The first kappa shape index (κ1) is 17.2. The summed E-state index contributed by atoms with van der Waals surface area (Å²) in [4.78, 5) is 41.0. The van der Waals surface area contributed by atoms with Crippen molar-refractivity contribution in [1.29, 1.82) is 0 Å². The number of carboxylic acids is 1. The predicted molar refractivity (Wildman–Crippen MR) is 90.4 cm³/mol. The summed E-state index contributed by atoms with van der Waals surface area (Å²) in [5.74, 6) is -1.03. The summed E-state index contributed by atoms with van der Waals surface area (Å²) in [6.45, 7) is 3.75. The largest absolute Gasteiger partial charge is 0.480 e. The van der Waals surface area contributed by atoms with E-state index in [1.807, 2.05) is 0 Å². The monoisotopic (exact) mass is 346 g/mol. The summed E-state index contributed by atoms with van der Waals surface area (Å²) in [5.41, 5.74) is -0.361.